The van der Waals surface area contributed by atoms with Gasteiger partial charge in [0.15, 0.2) is 0 Å². The molecule has 0 aliphatic heterocycles. The van der Waals surface area contributed by atoms with Crippen LogP contribution in [0.3, 0.4) is 0 Å². The molecule has 3 heteroatoms. The van der Waals surface area contributed by atoms with Crippen molar-refractivity contribution in [2.45, 2.75) is 26.8 Å². The second-order valence-corrected chi connectivity index (χ2v) is 3.07. The quantitative estimate of drug-likeness (QED) is 0.731. The highest BCUT2D eigenvalue weighted by molar-refractivity contribution is 14.1. The molecule has 2 nitrogen and oxygen atoms in total. The highest BCUT2D eigenvalue weighted by Gasteiger charge is 2.03. The second-order valence-electron chi connectivity index (χ2n) is 2.05. The summed E-state index contributed by atoms with van der Waals surface area (Å²) >= 11 is 2.31. The van der Waals surface area contributed by atoms with Crippen LogP contribution in [0.5, 0.6) is 0 Å². The fourth-order valence-corrected chi connectivity index (χ4v) is 1.75. The lowest BCUT2D eigenvalue weighted by atomic mass is 10.3. The van der Waals surface area contributed by atoms with Crippen LogP contribution >= 0.6 is 22.6 Å². The molecule has 0 spiro atoms. The number of aryl methyl sites for hydroxylation is 2. The van der Waals surface area contributed by atoms with Gasteiger partial charge in [-0.3, -0.25) is 4.68 Å². The molecular weight excluding hydrogens is 239 g/mol. The number of rotatable bonds is 2. The molecule has 0 amide bonds. The molecule has 1 heterocycles. The van der Waals surface area contributed by atoms with Crippen LogP contribution in [0.4, 0.5) is 0 Å². The molecule has 1 rings (SSSR count). The molecule has 0 aromatic carbocycles. The molecule has 0 aliphatic rings. The largest absolute Gasteiger partial charge is 0.259 e. The Balaban J connectivity index is 2.97. The lowest BCUT2D eigenvalue weighted by Crippen LogP contribution is -1.98. The maximum Gasteiger partial charge on any atom is 0.117 e. The van der Waals surface area contributed by atoms with E-state index in [1.807, 2.05) is 4.68 Å². The minimum absolute atomic E-state index is 0.939. The SMILES string of the molecule is CCc1[c]nn(CC)c1I. The fourth-order valence-electron chi connectivity index (χ4n) is 0.801. The summed E-state index contributed by atoms with van der Waals surface area (Å²) in [5.41, 5.74) is 1.22. The van der Waals surface area contributed by atoms with E-state index in [-0.39, 0.29) is 0 Å². The molecule has 10 heavy (non-hydrogen) atoms. The maximum absolute atomic E-state index is 4.09. The number of hydrogen-bond donors (Lipinski definition) is 0. The van der Waals surface area contributed by atoms with Gasteiger partial charge in [0, 0.05) is 12.1 Å². The van der Waals surface area contributed by atoms with Gasteiger partial charge in [0.2, 0.25) is 0 Å². The van der Waals surface area contributed by atoms with E-state index in [0.717, 1.165) is 13.0 Å². The first-order chi connectivity index (χ1) is 4.79. The van der Waals surface area contributed by atoms with Crippen LogP contribution in [0.15, 0.2) is 0 Å². The zero-order valence-electron chi connectivity index (χ0n) is 6.19. The smallest absolute Gasteiger partial charge is 0.117 e. The molecule has 0 fully saturated rings. The topological polar surface area (TPSA) is 17.8 Å². The number of halogens is 1. The monoisotopic (exact) mass is 249 g/mol. The van der Waals surface area contributed by atoms with Crippen molar-refractivity contribution in [2.75, 3.05) is 0 Å². The molecule has 1 aromatic heterocycles. The van der Waals surface area contributed by atoms with E-state index in [2.05, 4.69) is 47.7 Å². The van der Waals surface area contributed by atoms with Crippen LogP contribution in [0, 0.1) is 9.90 Å². The zero-order valence-corrected chi connectivity index (χ0v) is 8.34. The van der Waals surface area contributed by atoms with Crippen LogP contribution in [0.1, 0.15) is 19.4 Å². The summed E-state index contributed by atoms with van der Waals surface area (Å²) in [6.45, 7) is 5.15. The summed E-state index contributed by atoms with van der Waals surface area (Å²) in [5, 5.41) is 4.09. The van der Waals surface area contributed by atoms with Gasteiger partial charge in [-0.05, 0) is 35.9 Å². The molecule has 1 aromatic rings. The van der Waals surface area contributed by atoms with E-state index in [0.29, 0.717) is 0 Å². The summed E-state index contributed by atoms with van der Waals surface area (Å²) in [6.07, 6.45) is 4.01. The van der Waals surface area contributed by atoms with E-state index in [9.17, 15) is 0 Å². The molecule has 55 valence electrons. The van der Waals surface area contributed by atoms with Gasteiger partial charge < -0.3 is 0 Å². The van der Waals surface area contributed by atoms with Gasteiger partial charge in [0.1, 0.15) is 9.90 Å². The van der Waals surface area contributed by atoms with Gasteiger partial charge in [-0.1, -0.05) is 6.92 Å². The van der Waals surface area contributed by atoms with E-state index < -0.39 is 0 Å². The Labute approximate surface area is 74.8 Å². The summed E-state index contributed by atoms with van der Waals surface area (Å²) in [7, 11) is 0. The summed E-state index contributed by atoms with van der Waals surface area (Å²) in [5.74, 6) is 0. The van der Waals surface area contributed by atoms with Crippen LogP contribution in [-0.2, 0) is 13.0 Å². The Kier molecular flexibility index (Phi) is 2.71. The Morgan fingerprint density at radius 3 is 2.60 bits per heavy atom. The van der Waals surface area contributed by atoms with Crippen molar-refractivity contribution in [2.24, 2.45) is 0 Å². The van der Waals surface area contributed by atoms with E-state index in [4.69, 9.17) is 0 Å². The molecule has 1 radical (unpaired) electrons. The minimum atomic E-state index is 0.939. The first-order valence-electron chi connectivity index (χ1n) is 3.42. The van der Waals surface area contributed by atoms with Crippen molar-refractivity contribution < 1.29 is 0 Å². The Morgan fingerprint density at radius 2 is 2.30 bits per heavy atom. The average molecular weight is 249 g/mol. The molecule has 0 bridgehead atoms. The van der Waals surface area contributed by atoms with Crippen molar-refractivity contribution >= 4 is 22.6 Å². The molecular formula is C7H10IN2. The van der Waals surface area contributed by atoms with Crippen molar-refractivity contribution in [3.63, 3.8) is 0 Å². The lowest BCUT2D eigenvalue weighted by Gasteiger charge is -1.96. The van der Waals surface area contributed by atoms with Gasteiger partial charge >= 0.3 is 0 Å². The zero-order chi connectivity index (χ0) is 7.56. The van der Waals surface area contributed by atoms with E-state index in [1.54, 1.807) is 0 Å². The predicted molar refractivity (Wildman–Crippen MR) is 48.8 cm³/mol. The molecule has 0 unspecified atom stereocenters. The molecule has 0 aliphatic carbocycles. The molecule has 0 saturated heterocycles. The second kappa shape index (κ2) is 3.37. The first-order valence-corrected chi connectivity index (χ1v) is 4.50. The van der Waals surface area contributed by atoms with Gasteiger partial charge in [0.25, 0.3) is 0 Å². The number of aromatic nitrogens is 2. The summed E-state index contributed by atoms with van der Waals surface area (Å²) < 4.78 is 3.18. The Bertz CT molecular complexity index is 196. The molecule has 0 N–H and O–H groups in total. The van der Waals surface area contributed by atoms with Crippen LogP contribution in [0.2, 0.25) is 0 Å². The highest BCUT2D eigenvalue weighted by Crippen LogP contribution is 2.10. The summed E-state index contributed by atoms with van der Waals surface area (Å²) in [6, 6.07) is 0. The minimum Gasteiger partial charge on any atom is -0.259 e. The van der Waals surface area contributed by atoms with Crippen LogP contribution in [-0.4, -0.2) is 9.78 Å². The van der Waals surface area contributed by atoms with E-state index in [1.165, 1.54) is 9.26 Å². The third-order valence-electron chi connectivity index (χ3n) is 1.43. The van der Waals surface area contributed by atoms with Gasteiger partial charge in [-0.25, -0.2) is 0 Å². The van der Waals surface area contributed by atoms with Crippen LogP contribution < -0.4 is 0 Å². The van der Waals surface area contributed by atoms with Crippen molar-refractivity contribution in [1.82, 2.24) is 9.78 Å². The fraction of sp³-hybridized carbons (Fsp3) is 0.571. The van der Waals surface area contributed by atoms with Crippen molar-refractivity contribution in [1.29, 1.82) is 0 Å². The Morgan fingerprint density at radius 1 is 1.60 bits per heavy atom. The van der Waals surface area contributed by atoms with Gasteiger partial charge in [0.05, 0.1) is 0 Å². The first kappa shape index (κ1) is 8.04. The lowest BCUT2D eigenvalue weighted by molar-refractivity contribution is 0.641. The standard InChI is InChI=1S/C7H10IN2/c1-3-6-5-9-10(4-2)7(6)8/h3-4H2,1-2H3. The highest BCUT2D eigenvalue weighted by atomic mass is 127. The summed E-state index contributed by atoms with van der Waals surface area (Å²) in [4.78, 5) is 0. The number of nitrogens with zero attached hydrogens (tertiary/aromatic N) is 2. The average Bonchev–Trinajstić information content (AvgIpc) is 2.30. The molecule has 0 saturated carbocycles. The van der Waals surface area contributed by atoms with Crippen LogP contribution in [0.25, 0.3) is 0 Å². The Hall–Kier alpha value is -0.0600. The normalized spacial score (nSPS) is 10.3. The molecule has 0 atom stereocenters. The van der Waals surface area contributed by atoms with Crippen molar-refractivity contribution in [3.8, 4) is 0 Å². The van der Waals surface area contributed by atoms with Crippen molar-refractivity contribution in [3.05, 3.63) is 15.5 Å². The third kappa shape index (κ3) is 1.33. The predicted octanol–water partition coefficient (Wildman–Crippen LogP) is 1.87. The van der Waals surface area contributed by atoms with Gasteiger partial charge in [-0.2, -0.15) is 5.10 Å². The van der Waals surface area contributed by atoms with Gasteiger partial charge in [-0.15, -0.1) is 0 Å². The number of hydrogen-bond acceptors (Lipinski definition) is 1. The third-order valence-corrected chi connectivity index (χ3v) is 2.64. The maximum atomic E-state index is 4.09. The van der Waals surface area contributed by atoms with E-state index >= 15 is 0 Å².